The monoisotopic (exact) mass is 321 g/mol. The van der Waals surface area contributed by atoms with Gasteiger partial charge in [-0.1, -0.05) is 6.07 Å². The summed E-state index contributed by atoms with van der Waals surface area (Å²) in [6.45, 7) is 0.0914. The first-order valence-electron chi connectivity index (χ1n) is 6.30. The van der Waals surface area contributed by atoms with Crippen molar-refractivity contribution in [1.82, 2.24) is 9.71 Å². The van der Waals surface area contributed by atoms with Crippen LogP contribution >= 0.6 is 0 Å². The molecule has 0 fully saturated rings. The van der Waals surface area contributed by atoms with Crippen molar-refractivity contribution in [3.05, 3.63) is 53.9 Å². The van der Waals surface area contributed by atoms with Gasteiger partial charge in [-0.3, -0.25) is 9.78 Å². The number of sulfonamides is 1. The zero-order valence-corrected chi connectivity index (χ0v) is 12.6. The third-order valence-electron chi connectivity index (χ3n) is 2.94. The van der Waals surface area contributed by atoms with E-state index in [9.17, 15) is 13.2 Å². The van der Waals surface area contributed by atoms with Crippen LogP contribution in [-0.4, -0.2) is 26.4 Å². The van der Waals surface area contributed by atoms with Crippen molar-refractivity contribution >= 4 is 15.9 Å². The highest BCUT2D eigenvalue weighted by Crippen LogP contribution is 2.22. The number of amides is 1. The Morgan fingerprint density at radius 3 is 2.73 bits per heavy atom. The largest absolute Gasteiger partial charge is 0.496 e. The van der Waals surface area contributed by atoms with Gasteiger partial charge in [0.05, 0.1) is 17.6 Å². The third-order valence-corrected chi connectivity index (χ3v) is 4.33. The molecule has 0 radical (unpaired) electrons. The summed E-state index contributed by atoms with van der Waals surface area (Å²) in [4.78, 5) is 15.2. The summed E-state index contributed by atoms with van der Waals surface area (Å²) in [5, 5.41) is 0. The molecule has 0 saturated heterocycles. The minimum absolute atomic E-state index is 0.00625. The zero-order chi connectivity index (χ0) is 16.2. The number of nitrogens with two attached hydrogens (primary N) is 1. The highest BCUT2D eigenvalue weighted by molar-refractivity contribution is 7.89. The fourth-order valence-corrected chi connectivity index (χ4v) is 2.85. The summed E-state index contributed by atoms with van der Waals surface area (Å²) in [5.41, 5.74) is 5.95. The average Bonchev–Trinajstić information content (AvgIpc) is 2.53. The molecule has 0 aliphatic heterocycles. The van der Waals surface area contributed by atoms with E-state index in [1.54, 1.807) is 24.5 Å². The predicted octanol–water partition coefficient (Wildman–Crippen LogP) is 0.668. The minimum atomic E-state index is -3.78. The molecule has 0 bridgehead atoms. The topological polar surface area (TPSA) is 111 Å². The van der Waals surface area contributed by atoms with E-state index in [1.807, 2.05) is 0 Å². The van der Waals surface area contributed by atoms with E-state index in [1.165, 1.54) is 25.3 Å². The fraction of sp³-hybridized carbons (Fsp3) is 0.143. The maximum Gasteiger partial charge on any atom is 0.252 e. The summed E-state index contributed by atoms with van der Waals surface area (Å²) in [6.07, 6.45) is 3.16. The molecule has 3 N–H and O–H groups in total. The minimum Gasteiger partial charge on any atom is -0.496 e. The van der Waals surface area contributed by atoms with Crippen molar-refractivity contribution in [2.45, 2.75) is 11.4 Å². The number of nitrogens with zero attached hydrogens (tertiary/aromatic N) is 1. The molecule has 2 rings (SSSR count). The fourth-order valence-electron chi connectivity index (χ4n) is 1.81. The van der Waals surface area contributed by atoms with Crippen molar-refractivity contribution < 1.29 is 17.9 Å². The van der Waals surface area contributed by atoms with Crippen LogP contribution in [0.4, 0.5) is 0 Å². The molecular weight excluding hydrogens is 306 g/mol. The molecule has 7 nitrogen and oxygen atoms in total. The van der Waals surface area contributed by atoms with Gasteiger partial charge in [0.2, 0.25) is 10.0 Å². The first-order valence-corrected chi connectivity index (χ1v) is 7.79. The molecule has 1 amide bonds. The molecule has 116 valence electrons. The molecule has 22 heavy (non-hydrogen) atoms. The number of benzene rings is 1. The molecule has 0 unspecified atom stereocenters. The van der Waals surface area contributed by atoms with E-state index in [0.29, 0.717) is 0 Å². The number of hydrogen-bond donors (Lipinski definition) is 2. The van der Waals surface area contributed by atoms with Gasteiger partial charge in [0.25, 0.3) is 5.91 Å². The van der Waals surface area contributed by atoms with E-state index in [4.69, 9.17) is 10.5 Å². The summed E-state index contributed by atoms with van der Waals surface area (Å²) < 4.78 is 31.9. The lowest BCUT2D eigenvalue weighted by atomic mass is 10.2. The lowest BCUT2D eigenvalue weighted by Crippen LogP contribution is -2.24. The van der Waals surface area contributed by atoms with Crippen molar-refractivity contribution in [3.8, 4) is 5.75 Å². The standard InChI is InChI=1S/C14H15N3O4S/c1-21-13-5-4-11(7-12(13)14(15)18)22(19,20)17-9-10-3-2-6-16-8-10/h2-8,17H,9H2,1H3,(H2,15,18). The van der Waals surface area contributed by atoms with Crippen LogP contribution < -0.4 is 15.2 Å². The number of rotatable bonds is 6. The number of nitrogens with one attached hydrogen (secondary N) is 1. The summed E-state index contributed by atoms with van der Waals surface area (Å²) >= 11 is 0. The Morgan fingerprint density at radius 1 is 1.36 bits per heavy atom. The Labute approximate surface area is 128 Å². The quantitative estimate of drug-likeness (QED) is 0.812. The second-order valence-electron chi connectivity index (χ2n) is 4.41. The Kier molecular flexibility index (Phi) is 4.74. The van der Waals surface area contributed by atoms with Crippen molar-refractivity contribution in [1.29, 1.82) is 0 Å². The number of carbonyl (C=O) groups excluding carboxylic acids is 1. The lowest BCUT2D eigenvalue weighted by Gasteiger charge is -2.10. The molecule has 0 aliphatic rings. The molecule has 0 saturated carbocycles. The molecule has 1 aromatic carbocycles. The Balaban J connectivity index is 2.26. The second kappa shape index (κ2) is 6.54. The van der Waals surface area contributed by atoms with Crippen LogP contribution in [0.5, 0.6) is 5.75 Å². The summed E-state index contributed by atoms with van der Waals surface area (Å²) in [7, 11) is -2.41. The van der Waals surface area contributed by atoms with E-state index in [-0.39, 0.29) is 22.8 Å². The number of primary amides is 1. The Hall–Kier alpha value is -2.45. The lowest BCUT2D eigenvalue weighted by molar-refractivity contribution is 0.0997. The first-order chi connectivity index (χ1) is 10.4. The molecule has 0 spiro atoms. The zero-order valence-electron chi connectivity index (χ0n) is 11.8. The van der Waals surface area contributed by atoms with Gasteiger partial charge in [0.15, 0.2) is 0 Å². The molecule has 0 aliphatic carbocycles. The van der Waals surface area contributed by atoms with Gasteiger partial charge in [-0.15, -0.1) is 0 Å². The number of pyridine rings is 1. The number of carbonyl (C=O) groups is 1. The summed E-state index contributed by atoms with van der Waals surface area (Å²) in [5.74, 6) is -0.542. The van der Waals surface area contributed by atoms with E-state index in [2.05, 4.69) is 9.71 Å². The van der Waals surface area contributed by atoms with Gasteiger partial charge in [0.1, 0.15) is 5.75 Å². The van der Waals surface area contributed by atoms with Gasteiger partial charge in [0, 0.05) is 18.9 Å². The van der Waals surface area contributed by atoms with E-state index >= 15 is 0 Å². The molecule has 1 aromatic heterocycles. The second-order valence-corrected chi connectivity index (χ2v) is 6.18. The van der Waals surface area contributed by atoms with Crippen LogP contribution in [-0.2, 0) is 16.6 Å². The third kappa shape index (κ3) is 3.60. The van der Waals surface area contributed by atoms with Crippen LogP contribution in [0.25, 0.3) is 0 Å². The number of methoxy groups -OCH3 is 1. The first kappa shape index (κ1) is 15.9. The predicted molar refractivity (Wildman–Crippen MR) is 79.8 cm³/mol. The molecule has 0 atom stereocenters. The van der Waals surface area contributed by atoms with Crippen molar-refractivity contribution in [2.24, 2.45) is 5.73 Å². The Morgan fingerprint density at radius 2 is 2.14 bits per heavy atom. The molecular formula is C14H15N3O4S. The molecule has 8 heteroatoms. The molecule has 2 aromatic rings. The smallest absolute Gasteiger partial charge is 0.252 e. The molecule has 1 heterocycles. The van der Waals surface area contributed by atoms with Crippen LogP contribution in [0.2, 0.25) is 0 Å². The van der Waals surface area contributed by atoms with Gasteiger partial charge in [-0.05, 0) is 29.8 Å². The van der Waals surface area contributed by atoms with Crippen LogP contribution in [0.3, 0.4) is 0 Å². The van der Waals surface area contributed by atoms with Crippen molar-refractivity contribution in [2.75, 3.05) is 7.11 Å². The Bertz CT molecular complexity index is 776. The number of ether oxygens (including phenoxy) is 1. The number of hydrogen-bond acceptors (Lipinski definition) is 5. The highest BCUT2D eigenvalue weighted by atomic mass is 32.2. The van der Waals surface area contributed by atoms with Gasteiger partial charge >= 0.3 is 0 Å². The van der Waals surface area contributed by atoms with Gasteiger partial charge in [-0.2, -0.15) is 0 Å². The van der Waals surface area contributed by atoms with E-state index < -0.39 is 15.9 Å². The maximum atomic E-state index is 12.3. The highest BCUT2D eigenvalue weighted by Gasteiger charge is 2.18. The number of aromatic nitrogens is 1. The SMILES string of the molecule is COc1ccc(S(=O)(=O)NCc2cccnc2)cc1C(N)=O. The van der Waals surface area contributed by atoms with Crippen molar-refractivity contribution in [3.63, 3.8) is 0 Å². The normalized spacial score (nSPS) is 11.1. The summed E-state index contributed by atoms with van der Waals surface area (Å²) in [6, 6.07) is 7.38. The maximum absolute atomic E-state index is 12.3. The van der Waals surface area contributed by atoms with Crippen LogP contribution in [0.1, 0.15) is 15.9 Å². The van der Waals surface area contributed by atoms with E-state index in [0.717, 1.165) is 5.56 Å². The van der Waals surface area contributed by atoms with Crippen LogP contribution in [0.15, 0.2) is 47.6 Å². The van der Waals surface area contributed by atoms with Gasteiger partial charge in [-0.25, -0.2) is 13.1 Å². The van der Waals surface area contributed by atoms with Gasteiger partial charge < -0.3 is 10.5 Å². The van der Waals surface area contributed by atoms with Crippen LogP contribution in [0, 0.1) is 0 Å². The average molecular weight is 321 g/mol.